The number of rotatable bonds is 8. The summed E-state index contributed by atoms with van der Waals surface area (Å²) in [5.74, 6) is 0.0366. The van der Waals surface area contributed by atoms with Crippen LogP contribution in [-0.2, 0) is 4.79 Å². The molecule has 0 aromatic carbocycles. The van der Waals surface area contributed by atoms with Gasteiger partial charge >= 0.3 is 0 Å². The largest absolute Gasteiger partial charge is 0.395 e. The van der Waals surface area contributed by atoms with E-state index in [9.17, 15) is 4.79 Å². The Kier molecular flexibility index (Phi) is 8.33. The Morgan fingerprint density at radius 3 is 2.53 bits per heavy atom. The van der Waals surface area contributed by atoms with E-state index in [1.807, 2.05) is 18.7 Å². The number of amides is 1. The zero-order valence-electron chi connectivity index (χ0n) is 10.1. The van der Waals surface area contributed by atoms with Gasteiger partial charge in [-0.15, -0.1) is 0 Å². The Balaban J connectivity index is 3.86. The molecule has 90 valence electrons. The van der Waals surface area contributed by atoms with E-state index in [0.29, 0.717) is 13.1 Å². The van der Waals surface area contributed by atoms with Crippen molar-refractivity contribution in [3.05, 3.63) is 0 Å². The lowest BCUT2D eigenvalue weighted by Crippen LogP contribution is -2.41. The number of aliphatic hydroxyl groups excluding tert-OH is 1. The molecule has 0 saturated heterocycles. The third-order valence-corrected chi connectivity index (χ3v) is 2.06. The van der Waals surface area contributed by atoms with Crippen molar-refractivity contribution in [2.45, 2.75) is 39.7 Å². The average molecular weight is 216 g/mol. The zero-order valence-corrected chi connectivity index (χ0v) is 10.1. The van der Waals surface area contributed by atoms with E-state index < -0.39 is 0 Å². The van der Waals surface area contributed by atoms with Gasteiger partial charge in [0.2, 0.25) is 5.91 Å². The second-order valence-electron chi connectivity index (χ2n) is 4.08. The minimum absolute atomic E-state index is 0.0366. The Bertz CT molecular complexity index is 172. The van der Waals surface area contributed by atoms with Gasteiger partial charge in [0.25, 0.3) is 0 Å². The molecule has 0 unspecified atom stereocenters. The minimum atomic E-state index is 0.0366. The highest BCUT2D eigenvalue weighted by molar-refractivity contribution is 5.78. The molecule has 0 aliphatic heterocycles. The molecule has 0 aromatic heterocycles. The lowest BCUT2D eigenvalue weighted by molar-refractivity contribution is -0.122. The van der Waals surface area contributed by atoms with Crippen LogP contribution in [0.25, 0.3) is 0 Å². The second kappa shape index (κ2) is 8.68. The minimum Gasteiger partial charge on any atom is -0.395 e. The highest BCUT2D eigenvalue weighted by atomic mass is 16.3. The Hall–Kier alpha value is -0.610. The van der Waals surface area contributed by atoms with Crippen LogP contribution in [-0.4, -0.2) is 48.2 Å². The molecular formula is C11H24N2O2. The first-order valence-corrected chi connectivity index (χ1v) is 5.72. The predicted octanol–water partition coefficient (Wildman–Crippen LogP) is 0.605. The molecule has 0 saturated carbocycles. The molecule has 0 bridgehead atoms. The number of carbonyl (C=O) groups excluding carboxylic acids is 1. The van der Waals surface area contributed by atoms with Crippen molar-refractivity contribution in [3.8, 4) is 0 Å². The SMILES string of the molecule is CCCCN(CCO)CC(=O)NC(C)C. The van der Waals surface area contributed by atoms with Gasteiger partial charge in [0.05, 0.1) is 13.2 Å². The maximum atomic E-state index is 11.5. The van der Waals surface area contributed by atoms with Crippen molar-refractivity contribution >= 4 is 5.91 Å². The molecule has 0 spiro atoms. The maximum absolute atomic E-state index is 11.5. The van der Waals surface area contributed by atoms with Gasteiger partial charge in [0.1, 0.15) is 0 Å². The third-order valence-electron chi connectivity index (χ3n) is 2.06. The Morgan fingerprint density at radius 1 is 1.40 bits per heavy atom. The van der Waals surface area contributed by atoms with Crippen molar-refractivity contribution < 1.29 is 9.90 Å². The van der Waals surface area contributed by atoms with Gasteiger partial charge in [0, 0.05) is 12.6 Å². The lowest BCUT2D eigenvalue weighted by atomic mass is 10.3. The van der Waals surface area contributed by atoms with Crippen LogP contribution < -0.4 is 5.32 Å². The summed E-state index contributed by atoms with van der Waals surface area (Å²) in [6.45, 7) is 7.96. The molecular weight excluding hydrogens is 192 g/mol. The van der Waals surface area contributed by atoms with Gasteiger partial charge in [-0.3, -0.25) is 9.69 Å². The van der Waals surface area contributed by atoms with Crippen LogP contribution in [0.15, 0.2) is 0 Å². The molecule has 0 aliphatic rings. The number of carbonyl (C=O) groups is 1. The predicted molar refractivity (Wildman–Crippen MR) is 61.7 cm³/mol. The lowest BCUT2D eigenvalue weighted by Gasteiger charge is -2.21. The van der Waals surface area contributed by atoms with Crippen LogP contribution in [0.2, 0.25) is 0 Å². The van der Waals surface area contributed by atoms with Crippen molar-refractivity contribution in [1.82, 2.24) is 10.2 Å². The number of aliphatic hydroxyl groups is 1. The molecule has 2 N–H and O–H groups in total. The number of hydrogen-bond acceptors (Lipinski definition) is 3. The van der Waals surface area contributed by atoms with Gasteiger partial charge in [-0.1, -0.05) is 13.3 Å². The molecule has 0 fully saturated rings. The monoisotopic (exact) mass is 216 g/mol. The summed E-state index contributed by atoms with van der Waals surface area (Å²) in [4.78, 5) is 13.5. The van der Waals surface area contributed by atoms with E-state index in [1.54, 1.807) is 0 Å². The number of hydrogen-bond donors (Lipinski definition) is 2. The van der Waals surface area contributed by atoms with Gasteiger partial charge in [-0.25, -0.2) is 0 Å². The average Bonchev–Trinajstić information content (AvgIpc) is 2.13. The summed E-state index contributed by atoms with van der Waals surface area (Å²) in [6, 6.07) is 0.180. The maximum Gasteiger partial charge on any atom is 0.234 e. The van der Waals surface area contributed by atoms with Crippen LogP contribution in [0.4, 0.5) is 0 Å². The third kappa shape index (κ3) is 8.39. The molecule has 0 heterocycles. The topological polar surface area (TPSA) is 52.6 Å². The van der Waals surface area contributed by atoms with Gasteiger partial charge in [-0.2, -0.15) is 0 Å². The van der Waals surface area contributed by atoms with Gasteiger partial charge in [0.15, 0.2) is 0 Å². The van der Waals surface area contributed by atoms with Gasteiger partial charge < -0.3 is 10.4 Å². The normalized spacial score (nSPS) is 11.1. The molecule has 0 aromatic rings. The molecule has 0 atom stereocenters. The molecule has 0 rings (SSSR count). The first-order chi connectivity index (χ1) is 7.10. The van der Waals surface area contributed by atoms with E-state index in [1.165, 1.54) is 0 Å². The summed E-state index contributed by atoms with van der Waals surface area (Å²) < 4.78 is 0. The number of nitrogens with one attached hydrogen (secondary N) is 1. The van der Waals surface area contributed by atoms with E-state index in [-0.39, 0.29) is 18.6 Å². The molecule has 4 heteroatoms. The smallest absolute Gasteiger partial charge is 0.234 e. The van der Waals surface area contributed by atoms with Gasteiger partial charge in [-0.05, 0) is 26.8 Å². The highest BCUT2D eigenvalue weighted by Gasteiger charge is 2.10. The zero-order chi connectivity index (χ0) is 11.7. The molecule has 15 heavy (non-hydrogen) atoms. The fourth-order valence-corrected chi connectivity index (χ4v) is 1.36. The van der Waals surface area contributed by atoms with E-state index >= 15 is 0 Å². The van der Waals surface area contributed by atoms with Crippen LogP contribution in [0, 0.1) is 0 Å². The van der Waals surface area contributed by atoms with E-state index in [0.717, 1.165) is 19.4 Å². The number of nitrogens with zero attached hydrogens (tertiary/aromatic N) is 1. The molecule has 0 aliphatic carbocycles. The Labute approximate surface area is 92.7 Å². The summed E-state index contributed by atoms with van der Waals surface area (Å²) in [5.41, 5.74) is 0. The van der Waals surface area contributed by atoms with Crippen molar-refractivity contribution in [2.24, 2.45) is 0 Å². The summed E-state index contributed by atoms with van der Waals surface area (Å²) in [6.07, 6.45) is 2.17. The summed E-state index contributed by atoms with van der Waals surface area (Å²) >= 11 is 0. The van der Waals surface area contributed by atoms with Crippen LogP contribution in [0.1, 0.15) is 33.6 Å². The molecule has 0 radical (unpaired) electrons. The van der Waals surface area contributed by atoms with Crippen LogP contribution in [0.3, 0.4) is 0 Å². The number of unbranched alkanes of at least 4 members (excludes halogenated alkanes) is 1. The van der Waals surface area contributed by atoms with Crippen molar-refractivity contribution in [3.63, 3.8) is 0 Å². The fourth-order valence-electron chi connectivity index (χ4n) is 1.36. The highest BCUT2D eigenvalue weighted by Crippen LogP contribution is 1.94. The van der Waals surface area contributed by atoms with Crippen molar-refractivity contribution in [1.29, 1.82) is 0 Å². The standard InChI is InChI=1S/C11H24N2O2/c1-4-5-6-13(7-8-14)9-11(15)12-10(2)3/h10,14H,4-9H2,1-3H3,(H,12,15). The molecule has 1 amide bonds. The molecule has 4 nitrogen and oxygen atoms in total. The van der Waals surface area contributed by atoms with Crippen LogP contribution in [0.5, 0.6) is 0 Å². The van der Waals surface area contributed by atoms with Crippen LogP contribution >= 0.6 is 0 Å². The second-order valence-corrected chi connectivity index (χ2v) is 4.08. The first-order valence-electron chi connectivity index (χ1n) is 5.72. The van der Waals surface area contributed by atoms with Crippen molar-refractivity contribution in [2.75, 3.05) is 26.2 Å². The first kappa shape index (κ1) is 14.4. The summed E-state index contributed by atoms with van der Waals surface area (Å²) in [7, 11) is 0. The fraction of sp³-hybridized carbons (Fsp3) is 0.909. The Morgan fingerprint density at radius 2 is 2.07 bits per heavy atom. The summed E-state index contributed by atoms with van der Waals surface area (Å²) in [5, 5.41) is 11.7. The van der Waals surface area contributed by atoms with E-state index in [2.05, 4.69) is 12.2 Å². The van der Waals surface area contributed by atoms with E-state index in [4.69, 9.17) is 5.11 Å². The quantitative estimate of drug-likeness (QED) is 0.625.